The molecule has 36 heavy (non-hydrogen) atoms. The standard InChI is InChI=1S/C27H36FN3O5/c1-18-13-31(14-20-7-6-8-21(28)11-20)19(2)16-36-24-10-9-22(29-26(32)17-34-4)12-23(24)27(33)30(3)15-25(18)35-5/h6-12,18-19,25H,13-17H2,1-5H3,(H,29,32)/t18-,19-,25-/m0/s1. The quantitative estimate of drug-likeness (QED) is 0.654. The Morgan fingerprint density at radius 3 is 2.64 bits per heavy atom. The number of nitrogens with one attached hydrogen (secondary N) is 1. The number of anilines is 1. The summed E-state index contributed by atoms with van der Waals surface area (Å²) < 4.78 is 30.6. The molecule has 196 valence electrons. The summed E-state index contributed by atoms with van der Waals surface area (Å²) in [5, 5.41) is 2.74. The zero-order chi connectivity index (χ0) is 26.2. The highest BCUT2D eigenvalue weighted by atomic mass is 19.1. The van der Waals surface area contributed by atoms with Crippen LogP contribution in [-0.4, -0.2) is 81.3 Å². The molecule has 0 spiro atoms. The second-order valence-electron chi connectivity index (χ2n) is 9.35. The van der Waals surface area contributed by atoms with E-state index in [0.717, 1.165) is 5.56 Å². The van der Waals surface area contributed by atoms with Crippen LogP contribution in [-0.2, 0) is 20.8 Å². The van der Waals surface area contributed by atoms with Gasteiger partial charge < -0.3 is 24.4 Å². The monoisotopic (exact) mass is 501 g/mol. The van der Waals surface area contributed by atoms with E-state index < -0.39 is 0 Å². The van der Waals surface area contributed by atoms with Gasteiger partial charge in [0.1, 0.15) is 24.8 Å². The minimum Gasteiger partial charge on any atom is -0.491 e. The van der Waals surface area contributed by atoms with Gasteiger partial charge in [0.05, 0.1) is 11.7 Å². The van der Waals surface area contributed by atoms with Crippen molar-refractivity contribution >= 4 is 17.5 Å². The Balaban J connectivity index is 1.92. The second kappa shape index (κ2) is 12.8. The zero-order valence-corrected chi connectivity index (χ0v) is 21.6. The predicted octanol–water partition coefficient (Wildman–Crippen LogP) is 3.42. The van der Waals surface area contributed by atoms with Crippen LogP contribution >= 0.6 is 0 Å². The Labute approximate surface area is 212 Å². The summed E-state index contributed by atoms with van der Waals surface area (Å²) in [7, 11) is 4.81. The highest BCUT2D eigenvalue weighted by molar-refractivity contribution is 5.99. The third-order valence-corrected chi connectivity index (χ3v) is 6.41. The van der Waals surface area contributed by atoms with Gasteiger partial charge in [0.2, 0.25) is 5.91 Å². The van der Waals surface area contributed by atoms with Crippen molar-refractivity contribution in [3.8, 4) is 5.75 Å². The Hall–Kier alpha value is -3.01. The van der Waals surface area contributed by atoms with Crippen LogP contribution in [0.1, 0.15) is 29.8 Å². The predicted molar refractivity (Wildman–Crippen MR) is 136 cm³/mol. The molecular formula is C27H36FN3O5. The third-order valence-electron chi connectivity index (χ3n) is 6.41. The average Bonchev–Trinajstić information content (AvgIpc) is 2.84. The molecule has 0 bridgehead atoms. The van der Waals surface area contributed by atoms with Crippen LogP contribution in [0.25, 0.3) is 0 Å². The minimum absolute atomic E-state index is 0.0330. The summed E-state index contributed by atoms with van der Waals surface area (Å²) in [4.78, 5) is 29.3. The number of rotatable bonds is 6. The fraction of sp³-hybridized carbons (Fsp3) is 0.481. The molecule has 0 fully saturated rings. The number of amides is 2. The molecule has 0 unspecified atom stereocenters. The van der Waals surface area contributed by atoms with E-state index in [1.807, 2.05) is 13.0 Å². The number of ether oxygens (including phenoxy) is 3. The number of halogens is 1. The topological polar surface area (TPSA) is 80.3 Å². The van der Waals surface area contributed by atoms with Crippen LogP contribution in [0.2, 0.25) is 0 Å². The zero-order valence-electron chi connectivity index (χ0n) is 21.6. The fourth-order valence-electron chi connectivity index (χ4n) is 4.35. The molecule has 1 aliphatic rings. The van der Waals surface area contributed by atoms with Gasteiger partial charge in [-0.1, -0.05) is 19.1 Å². The molecule has 1 N–H and O–H groups in total. The lowest BCUT2D eigenvalue weighted by molar-refractivity contribution is -0.119. The number of nitrogens with zero attached hydrogens (tertiary/aromatic N) is 2. The SMILES string of the molecule is COCC(=O)Nc1ccc2c(c1)C(=O)N(C)C[C@H](OC)[C@@H](C)CN(Cc1cccc(F)c1)[C@@H](C)CO2. The molecule has 1 heterocycles. The van der Waals surface area contributed by atoms with E-state index in [1.165, 1.54) is 13.2 Å². The number of benzene rings is 2. The largest absolute Gasteiger partial charge is 0.491 e. The summed E-state index contributed by atoms with van der Waals surface area (Å²) in [6.07, 6.45) is -0.213. The number of hydrogen-bond donors (Lipinski definition) is 1. The third kappa shape index (κ3) is 7.25. The molecule has 9 heteroatoms. The molecule has 0 radical (unpaired) electrons. The molecule has 3 atom stereocenters. The van der Waals surface area contributed by atoms with Crippen molar-refractivity contribution in [1.29, 1.82) is 0 Å². The van der Waals surface area contributed by atoms with E-state index in [0.29, 0.717) is 43.2 Å². The average molecular weight is 502 g/mol. The van der Waals surface area contributed by atoms with Crippen molar-refractivity contribution in [2.24, 2.45) is 5.92 Å². The second-order valence-corrected chi connectivity index (χ2v) is 9.35. The molecule has 0 saturated carbocycles. The van der Waals surface area contributed by atoms with E-state index in [-0.39, 0.29) is 42.3 Å². The van der Waals surface area contributed by atoms with Crippen LogP contribution in [0.4, 0.5) is 10.1 Å². The number of carbonyl (C=O) groups is 2. The van der Waals surface area contributed by atoms with Crippen molar-refractivity contribution in [3.63, 3.8) is 0 Å². The van der Waals surface area contributed by atoms with Gasteiger partial charge >= 0.3 is 0 Å². The summed E-state index contributed by atoms with van der Waals surface area (Å²) in [6.45, 7) is 5.97. The van der Waals surface area contributed by atoms with Gasteiger partial charge in [0, 0.05) is 52.6 Å². The van der Waals surface area contributed by atoms with Gasteiger partial charge in [-0.2, -0.15) is 0 Å². The molecule has 1 aliphatic heterocycles. The van der Waals surface area contributed by atoms with E-state index >= 15 is 0 Å². The van der Waals surface area contributed by atoms with Crippen LogP contribution in [0, 0.1) is 11.7 Å². The van der Waals surface area contributed by atoms with Crippen LogP contribution in [0.5, 0.6) is 5.75 Å². The first-order valence-electron chi connectivity index (χ1n) is 12.0. The smallest absolute Gasteiger partial charge is 0.257 e. The fourth-order valence-corrected chi connectivity index (χ4v) is 4.35. The molecule has 0 aliphatic carbocycles. The molecular weight excluding hydrogens is 465 g/mol. The van der Waals surface area contributed by atoms with Crippen LogP contribution in [0.3, 0.4) is 0 Å². The van der Waals surface area contributed by atoms with E-state index in [1.54, 1.807) is 49.4 Å². The van der Waals surface area contributed by atoms with Gasteiger partial charge in [-0.05, 0) is 48.7 Å². The van der Waals surface area contributed by atoms with Gasteiger partial charge in [-0.25, -0.2) is 4.39 Å². The van der Waals surface area contributed by atoms with Gasteiger partial charge in [-0.3, -0.25) is 14.5 Å². The molecule has 8 nitrogen and oxygen atoms in total. The Kier molecular flexibility index (Phi) is 9.81. The van der Waals surface area contributed by atoms with E-state index in [4.69, 9.17) is 14.2 Å². The molecule has 2 amide bonds. The summed E-state index contributed by atoms with van der Waals surface area (Å²) in [6, 6.07) is 11.6. The van der Waals surface area contributed by atoms with Gasteiger partial charge in [0.25, 0.3) is 5.91 Å². The number of fused-ring (bicyclic) bond motifs is 1. The molecule has 0 saturated heterocycles. The molecule has 2 aromatic carbocycles. The van der Waals surface area contributed by atoms with Crippen LogP contribution < -0.4 is 10.1 Å². The lowest BCUT2D eigenvalue weighted by Crippen LogP contribution is -2.46. The molecule has 2 aromatic rings. The van der Waals surface area contributed by atoms with Crippen molar-refractivity contribution < 1.29 is 28.2 Å². The Morgan fingerprint density at radius 1 is 1.17 bits per heavy atom. The first-order chi connectivity index (χ1) is 17.2. The van der Waals surface area contributed by atoms with E-state index in [9.17, 15) is 14.0 Å². The normalized spacial score (nSPS) is 21.7. The minimum atomic E-state index is -0.317. The first-order valence-corrected chi connectivity index (χ1v) is 12.0. The number of carbonyl (C=O) groups excluding carboxylic acids is 2. The number of likely N-dealkylation sites (N-methyl/N-ethyl adjacent to an activating group) is 1. The Morgan fingerprint density at radius 2 is 1.94 bits per heavy atom. The summed E-state index contributed by atoms with van der Waals surface area (Å²) in [5.74, 6) is -0.304. The van der Waals surface area contributed by atoms with Gasteiger partial charge in [0.15, 0.2) is 0 Å². The highest BCUT2D eigenvalue weighted by Gasteiger charge is 2.28. The van der Waals surface area contributed by atoms with Gasteiger partial charge in [-0.15, -0.1) is 0 Å². The lowest BCUT2D eigenvalue weighted by atomic mass is 10.0. The molecule has 3 rings (SSSR count). The maximum atomic E-state index is 13.8. The summed E-state index contributed by atoms with van der Waals surface area (Å²) in [5.41, 5.74) is 1.70. The van der Waals surface area contributed by atoms with Crippen molar-refractivity contribution in [2.75, 3.05) is 52.9 Å². The van der Waals surface area contributed by atoms with Crippen molar-refractivity contribution in [3.05, 3.63) is 59.4 Å². The first kappa shape index (κ1) is 27.6. The Bertz CT molecular complexity index is 1050. The van der Waals surface area contributed by atoms with Crippen LogP contribution in [0.15, 0.2) is 42.5 Å². The lowest BCUT2D eigenvalue weighted by Gasteiger charge is -2.36. The molecule has 0 aromatic heterocycles. The highest BCUT2D eigenvalue weighted by Crippen LogP contribution is 2.27. The number of hydrogen-bond acceptors (Lipinski definition) is 6. The maximum Gasteiger partial charge on any atom is 0.257 e. The van der Waals surface area contributed by atoms with Crippen molar-refractivity contribution in [2.45, 2.75) is 32.5 Å². The maximum absolute atomic E-state index is 13.8. The summed E-state index contributed by atoms with van der Waals surface area (Å²) >= 11 is 0. The number of methoxy groups -OCH3 is 2. The van der Waals surface area contributed by atoms with Crippen molar-refractivity contribution in [1.82, 2.24) is 9.80 Å². The van der Waals surface area contributed by atoms with E-state index in [2.05, 4.69) is 17.1 Å².